The molecule has 1 aliphatic rings. The van der Waals surface area contributed by atoms with Crippen molar-refractivity contribution in [2.24, 2.45) is 0 Å². The van der Waals surface area contributed by atoms with E-state index in [1.165, 1.54) is 4.90 Å². The van der Waals surface area contributed by atoms with Crippen LogP contribution < -0.4 is 5.32 Å². The van der Waals surface area contributed by atoms with E-state index in [4.69, 9.17) is 11.6 Å². The van der Waals surface area contributed by atoms with Crippen molar-refractivity contribution in [1.82, 2.24) is 4.90 Å². The molecule has 20 heavy (non-hydrogen) atoms. The van der Waals surface area contributed by atoms with Crippen molar-refractivity contribution < 1.29 is 18.0 Å². The Morgan fingerprint density at radius 2 is 2.15 bits per heavy atom. The highest BCUT2D eigenvalue weighted by Crippen LogP contribution is 2.34. The summed E-state index contributed by atoms with van der Waals surface area (Å²) < 4.78 is 36.6. The van der Waals surface area contributed by atoms with Gasteiger partial charge < -0.3 is 10.2 Å². The summed E-state index contributed by atoms with van der Waals surface area (Å²) in [5, 5.41) is 2.01. The molecule has 0 bridgehead atoms. The number of anilines is 1. The Morgan fingerprint density at radius 3 is 2.80 bits per heavy atom. The molecule has 0 saturated carbocycles. The number of carbonyl (C=O) groups excluding carboxylic acids is 1. The maximum atomic E-state index is 12.2. The van der Waals surface area contributed by atoms with E-state index in [1.54, 1.807) is 25.2 Å². The second-order valence-corrected chi connectivity index (χ2v) is 5.35. The van der Waals surface area contributed by atoms with E-state index in [0.717, 1.165) is 5.56 Å². The van der Waals surface area contributed by atoms with Crippen LogP contribution in [0.5, 0.6) is 0 Å². The Hall–Kier alpha value is -1.43. The third-order valence-electron chi connectivity index (χ3n) is 3.17. The molecule has 110 valence electrons. The van der Waals surface area contributed by atoms with Crippen LogP contribution in [-0.2, 0) is 6.54 Å². The molecule has 2 amide bonds. The first-order valence-electron chi connectivity index (χ1n) is 6.12. The SMILES string of the molecule is CN1Cc2cc(C(Cl)CCC(F)(F)F)ccc2NC1=O. The van der Waals surface area contributed by atoms with E-state index < -0.39 is 18.0 Å². The molecule has 0 aromatic heterocycles. The first kappa shape index (κ1) is 15.0. The highest BCUT2D eigenvalue weighted by atomic mass is 35.5. The van der Waals surface area contributed by atoms with E-state index in [1.807, 2.05) is 0 Å². The van der Waals surface area contributed by atoms with E-state index in [9.17, 15) is 18.0 Å². The monoisotopic (exact) mass is 306 g/mol. The van der Waals surface area contributed by atoms with Crippen LogP contribution in [0.2, 0.25) is 0 Å². The van der Waals surface area contributed by atoms with Crippen LogP contribution in [0, 0.1) is 0 Å². The smallest absolute Gasteiger partial charge is 0.323 e. The number of rotatable bonds is 3. The quantitative estimate of drug-likeness (QED) is 0.830. The lowest BCUT2D eigenvalue weighted by molar-refractivity contribution is -0.135. The first-order valence-corrected chi connectivity index (χ1v) is 6.55. The minimum atomic E-state index is -4.20. The summed E-state index contributed by atoms with van der Waals surface area (Å²) in [4.78, 5) is 12.9. The minimum Gasteiger partial charge on any atom is -0.323 e. The fourth-order valence-electron chi connectivity index (χ4n) is 2.06. The fraction of sp³-hybridized carbons (Fsp3) is 0.462. The van der Waals surface area contributed by atoms with Crippen molar-refractivity contribution in [3.05, 3.63) is 29.3 Å². The summed E-state index contributed by atoms with van der Waals surface area (Å²) in [7, 11) is 1.65. The maximum absolute atomic E-state index is 12.2. The zero-order valence-electron chi connectivity index (χ0n) is 10.8. The van der Waals surface area contributed by atoms with Gasteiger partial charge in [-0.15, -0.1) is 11.6 Å². The van der Waals surface area contributed by atoms with Crippen molar-refractivity contribution in [2.75, 3.05) is 12.4 Å². The maximum Gasteiger partial charge on any atom is 0.389 e. The third kappa shape index (κ3) is 3.56. The summed E-state index contributed by atoms with van der Waals surface area (Å²) in [6.45, 7) is 0.415. The fourth-order valence-corrected chi connectivity index (χ4v) is 2.30. The lowest BCUT2D eigenvalue weighted by Crippen LogP contribution is -2.35. The third-order valence-corrected chi connectivity index (χ3v) is 3.64. The Labute approximate surface area is 119 Å². The number of nitrogens with zero attached hydrogens (tertiary/aromatic N) is 1. The van der Waals surface area contributed by atoms with Crippen LogP contribution in [-0.4, -0.2) is 24.2 Å². The van der Waals surface area contributed by atoms with Crippen LogP contribution in [0.15, 0.2) is 18.2 Å². The number of nitrogens with one attached hydrogen (secondary N) is 1. The minimum absolute atomic E-state index is 0.161. The highest BCUT2D eigenvalue weighted by molar-refractivity contribution is 6.20. The van der Waals surface area contributed by atoms with E-state index in [-0.39, 0.29) is 12.5 Å². The Bertz CT molecular complexity index is 519. The molecule has 0 fully saturated rings. The van der Waals surface area contributed by atoms with Gasteiger partial charge in [-0.25, -0.2) is 4.79 Å². The summed E-state index contributed by atoms with van der Waals surface area (Å²) >= 11 is 6.02. The summed E-state index contributed by atoms with van der Waals surface area (Å²) in [5.74, 6) is 0. The lowest BCUT2D eigenvalue weighted by Gasteiger charge is -2.26. The number of fused-ring (bicyclic) bond motifs is 1. The largest absolute Gasteiger partial charge is 0.389 e. The first-order chi connectivity index (χ1) is 9.26. The molecule has 2 rings (SSSR count). The Morgan fingerprint density at radius 1 is 1.45 bits per heavy atom. The number of carbonyl (C=O) groups is 1. The zero-order valence-corrected chi connectivity index (χ0v) is 11.6. The van der Waals surface area contributed by atoms with Gasteiger partial charge in [-0.05, 0) is 23.6 Å². The molecule has 1 heterocycles. The predicted molar refractivity (Wildman–Crippen MR) is 70.8 cm³/mol. The molecule has 1 unspecified atom stereocenters. The van der Waals surface area contributed by atoms with E-state index in [2.05, 4.69) is 5.32 Å². The number of hydrogen-bond acceptors (Lipinski definition) is 1. The van der Waals surface area contributed by atoms with Crippen LogP contribution in [0.1, 0.15) is 29.3 Å². The van der Waals surface area contributed by atoms with Crippen molar-refractivity contribution in [2.45, 2.75) is 30.9 Å². The van der Waals surface area contributed by atoms with Gasteiger partial charge >= 0.3 is 12.2 Å². The van der Waals surface area contributed by atoms with Gasteiger partial charge in [0.05, 0.1) is 5.38 Å². The molecule has 1 aliphatic heterocycles. The van der Waals surface area contributed by atoms with Crippen molar-refractivity contribution in [3.63, 3.8) is 0 Å². The van der Waals surface area contributed by atoms with Gasteiger partial charge in [0, 0.05) is 25.7 Å². The molecule has 0 saturated heterocycles. The van der Waals surface area contributed by atoms with Gasteiger partial charge in [-0.3, -0.25) is 0 Å². The van der Waals surface area contributed by atoms with Gasteiger partial charge in [0.2, 0.25) is 0 Å². The van der Waals surface area contributed by atoms with Gasteiger partial charge in [-0.2, -0.15) is 13.2 Å². The molecule has 1 aromatic carbocycles. The van der Waals surface area contributed by atoms with E-state index >= 15 is 0 Å². The highest BCUT2D eigenvalue weighted by Gasteiger charge is 2.28. The zero-order chi connectivity index (χ0) is 14.9. The Kier molecular flexibility index (Phi) is 4.13. The molecule has 0 aliphatic carbocycles. The van der Waals surface area contributed by atoms with E-state index in [0.29, 0.717) is 17.8 Å². The molecular weight excluding hydrogens is 293 g/mol. The molecular formula is C13H14ClF3N2O. The van der Waals surface area contributed by atoms with Crippen molar-refractivity contribution in [1.29, 1.82) is 0 Å². The second-order valence-electron chi connectivity index (χ2n) is 4.82. The summed E-state index contributed by atoms with van der Waals surface area (Å²) in [6, 6.07) is 4.88. The molecule has 1 atom stereocenters. The number of urea groups is 1. The molecule has 1 aromatic rings. The van der Waals surface area contributed by atoms with Crippen LogP contribution in [0.25, 0.3) is 0 Å². The molecule has 1 N–H and O–H groups in total. The topological polar surface area (TPSA) is 32.3 Å². The average Bonchev–Trinajstić information content (AvgIpc) is 2.36. The van der Waals surface area contributed by atoms with Gasteiger partial charge in [0.25, 0.3) is 0 Å². The number of amides is 2. The Balaban J connectivity index is 2.11. The van der Waals surface area contributed by atoms with Gasteiger partial charge in [-0.1, -0.05) is 12.1 Å². The molecule has 3 nitrogen and oxygen atoms in total. The predicted octanol–water partition coefficient (Wildman–Crippen LogP) is 4.29. The number of hydrogen-bond donors (Lipinski definition) is 1. The molecule has 7 heteroatoms. The second kappa shape index (κ2) is 5.52. The van der Waals surface area contributed by atoms with Crippen LogP contribution >= 0.6 is 11.6 Å². The van der Waals surface area contributed by atoms with Gasteiger partial charge in [0.15, 0.2) is 0 Å². The summed E-state index contributed by atoms with van der Waals surface area (Å²) in [5.41, 5.74) is 2.16. The van der Waals surface area contributed by atoms with Gasteiger partial charge in [0.1, 0.15) is 0 Å². The molecule has 0 radical (unpaired) electrons. The summed E-state index contributed by atoms with van der Waals surface area (Å²) in [6.07, 6.45) is -5.27. The average molecular weight is 307 g/mol. The standard InChI is InChI=1S/C13H14ClF3N2O/c1-19-7-9-6-8(2-3-11(9)18-12(19)20)10(14)4-5-13(15,16)17/h2-3,6,10H,4-5,7H2,1H3,(H,18,20). The molecule has 0 spiro atoms. The van der Waals surface area contributed by atoms with Crippen LogP contribution in [0.4, 0.5) is 23.7 Å². The van der Waals surface area contributed by atoms with Crippen molar-refractivity contribution >= 4 is 23.3 Å². The number of halogens is 4. The normalized spacial score (nSPS) is 16.6. The number of alkyl halides is 4. The van der Waals surface area contributed by atoms with Crippen LogP contribution in [0.3, 0.4) is 0 Å². The van der Waals surface area contributed by atoms with Crippen molar-refractivity contribution in [3.8, 4) is 0 Å². The number of benzene rings is 1. The lowest BCUT2D eigenvalue weighted by atomic mass is 10.0.